The molecule has 0 saturated carbocycles. The highest BCUT2D eigenvalue weighted by Gasteiger charge is 2.26. The molecule has 90 valence electrons. The Morgan fingerprint density at radius 1 is 1.59 bits per heavy atom. The van der Waals surface area contributed by atoms with Gasteiger partial charge in [-0.25, -0.2) is 4.98 Å². The van der Waals surface area contributed by atoms with Crippen LogP contribution in [0.1, 0.15) is 39.1 Å². The SMILES string of the molecule is CCNC(C)(C#N)CC(C)n1ccnc1C#N. The highest BCUT2D eigenvalue weighted by atomic mass is 15.1. The van der Waals surface area contributed by atoms with E-state index in [9.17, 15) is 5.26 Å². The molecule has 1 rings (SSSR count). The van der Waals surface area contributed by atoms with E-state index in [1.165, 1.54) is 0 Å². The number of nitrogens with zero attached hydrogens (tertiary/aromatic N) is 4. The molecule has 1 aromatic heterocycles. The Hall–Kier alpha value is -1.85. The highest BCUT2D eigenvalue weighted by Crippen LogP contribution is 2.21. The maximum Gasteiger partial charge on any atom is 0.212 e. The average Bonchev–Trinajstić information content (AvgIpc) is 2.77. The van der Waals surface area contributed by atoms with Gasteiger partial charge in [-0.1, -0.05) is 6.92 Å². The van der Waals surface area contributed by atoms with Crippen molar-refractivity contribution in [3.8, 4) is 12.1 Å². The van der Waals surface area contributed by atoms with Crippen LogP contribution in [0.2, 0.25) is 0 Å². The van der Waals surface area contributed by atoms with Gasteiger partial charge >= 0.3 is 0 Å². The second-order valence-electron chi connectivity index (χ2n) is 4.30. The Balaban J connectivity index is 2.83. The quantitative estimate of drug-likeness (QED) is 0.834. The summed E-state index contributed by atoms with van der Waals surface area (Å²) < 4.78 is 1.80. The van der Waals surface area contributed by atoms with Crippen LogP contribution in [-0.2, 0) is 0 Å². The van der Waals surface area contributed by atoms with Gasteiger partial charge in [0, 0.05) is 18.4 Å². The molecule has 2 unspecified atom stereocenters. The van der Waals surface area contributed by atoms with Crippen molar-refractivity contribution < 1.29 is 0 Å². The molecule has 5 heteroatoms. The van der Waals surface area contributed by atoms with Crippen molar-refractivity contribution in [2.24, 2.45) is 0 Å². The molecule has 0 spiro atoms. The zero-order chi connectivity index (χ0) is 12.9. The monoisotopic (exact) mass is 231 g/mol. The van der Waals surface area contributed by atoms with Gasteiger partial charge in [-0.2, -0.15) is 10.5 Å². The number of hydrogen-bond acceptors (Lipinski definition) is 4. The van der Waals surface area contributed by atoms with Gasteiger partial charge in [-0.05, 0) is 26.8 Å². The summed E-state index contributed by atoms with van der Waals surface area (Å²) in [4.78, 5) is 3.96. The van der Waals surface area contributed by atoms with E-state index in [2.05, 4.69) is 16.4 Å². The van der Waals surface area contributed by atoms with Crippen LogP contribution < -0.4 is 5.32 Å². The van der Waals surface area contributed by atoms with Crippen molar-refractivity contribution in [2.75, 3.05) is 6.54 Å². The van der Waals surface area contributed by atoms with Gasteiger partial charge < -0.3 is 4.57 Å². The number of aromatic nitrogens is 2. The molecule has 0 aliphatic rings. The molecule has 1 aromatic rings. The summed E-state index contributed by atoms with van der Waals surface area (Å²) in [5.74, 6) is 0.384. The molecule has 17 heavy (non-hydrogen) atoms. The first-order valence-corrected chi connectivity index (χ1v) is 5.65. The molecule has 0 fully saturated rings. The van der Waals surface area contributed by atoms with Crippen LogP contribution in [0.5, 0.6) is 0 Å². The van der Waals surface area contributed by atoms with Crippen molar-refractivity contribution >= 4 is 0 Å². The number of rotatable bonds is 5. The van der Waals surface area contributed by atoms with Gasteiger partial charge in [-0.3, -0.25) is 5.32 Å². The van der Waals surface area contributed by atoms with Gasteiger partial charge in [-0.15, -0.1) is 0 Å². The van der Waals surface area contributed by atoms with Crippen molar-refractivity contribution in [3.05, 3.63) is 18.2 Å². The van der Waals surface area contributed by atoms with Gasteiger partial charge in [0.15, 0.2) is 0 Å². The second kappa shape index (κ2) is 5.47. The van der Waals surface area contributed by atoms with Gasteiger partial charge in [0.2, 0.25) is 5.82 Å². The molecule has 0 aliphatic heterocycles. The fraction of sp³-hybridized carbons (Fsp3) is 0.583. The third-order valence-corrected chi connectivity index (χ3v) is 2.76. The highest BCUT2D eigenvalue weighted by molar-refractivity contribution is 5.13. The zero-order valence-electron chi connectivity index (χ0n) is 10.4. The molecular weight excluding hydrogens is 214 g/mol. The van der Waals surface area contributed by atoms with Gasteiger partial charge in [0.1, 0.15) is 11.6 Å². The molecule has 5 nitrogen and oxygen atoms in total. The Morgan fingerprint density at radius 3 is 2.82 bits per heavy atom. The summed E-state index contributed by atoms with van der Waals surface area (Å²) in [6.07, 6.45) is 4.00. The minimum absolute atomic E-state index is 0.0517. The van der Waals surface area contributed by atoms with Gasteiger partial charge in [0.05, 0.1) is 6.07 Å². The van der Waals surface area contributed by atoms with Crippen molar-refractivity contribution in [1.29, 1.82) is 10.5 Å². The summed E-state index contributed by atoms with van der Waals surface area (Å²) in [6, 6.07) is 4.37. The summed E-state index contributed by atoms with van der Waals surface area (Å²) >= 11 is 0. The maximum absolute atomic E-state index is 9.19. The van der Waals surface area contributed by atoms with Crippen molar-refractivity contribution in [3.63, 3.8) is 0 Å². The van der Waals surface area contributed by atoms with Gasteiger partial charge in [0.25, 0.3) is 0 Å². The molecule has 2 atom stereocenters. The van der Waals surface area contributed by atoms with Crippen LogP contribution in [0.4, 0.5) is 0 Å². The number of nitrogens with one attached hydrogen (secondary N) is 1. The molecule has 1 heterocycles. The lowest BCUT2D eigenvalue weighted by Crippen LogP contribution is -2.42. The van der Waals surface area contributed by atoms with E-state index in [-0.39, 0.29) is 6.04 Å². The van der Waals surface area contributed by atoms with Crippen molar-refractivity contribution in [1.82, 2.24) is 14.9 Å². The molecule has 0 amide bonds. The standard InChI is InChI=1S/C12H17N5/c1-4-16-12(3,9-14)7-10(2)17-6-5-15-11(17)8-13/h5-6,10,16H,4,7H2,1-3H3. The molecule has 0 aromatic carbocycles. The normalized spacial score (nSPS) is 15.6. The largest absolute Gasteiger partial charge is 0.320 e. The minimum Gasteiger partial charge on any atom is -0.320 e. The molecule has 0 bridgehead atoms. The van der Waals surface area contributed by atoms with E-state index in [0.717, 1.165) is 6.54 Å². The third-order valence-electron chi connectivity index (χ3n) is 2.76. The van der Waals surface area contributed by atoms with Crippen molar-refractivity contribution in [2.45, 2.75) is 38.8 Å². The van der Waals surface area contributed by atoms with E-state index in [1.807, 2.05) is 26.8 Å². The smallest absolute Gasteiger partial charge is 0.212 e. The topological polar surface area (TPSA) is 77.4 Å². The number of hydrogen-bond donors (Lipinski definition) is 1. The molecule has 0 aliphatic carbocycles. The van der Waals surface area contributed by atoms with E-state index < -0.39 is 5.54 Å². The van der Waals surface area contributed by atoms with Crippen LogP contribution >= 0.6 is 0 Å². The molecule has 1 N–H and O–H groups in total. The van der Waals surface area contributed by atoms with Crippen LogP contribution in [0, 0.1) is 22.7 Å². The van der Waals surface area contributed by atoms with E-state index >= 15 is 0 Å². The van der Waals surface area contributed by atoms with Crippen LogP contribution in [-0.4, -0.2) is 21.6 Å². The van der Waals surface area contributed by atoms with Crippen LogP contribution in [0.15, 0.2) is 12.4 Å². The first-order chi connectivity index (χ1) is 8.06. The Bertz CT molecular complexity index is 450. The Kier molecular flexibility index (Phi) is 4.25. The fourth-order valence-electron chi connectivity index (χ4n) is 1.99. The zero-order valence-corrected chi connectivity index (χ0v) is 10.4. The van der Waals surface area contributed by atoms with E-state index in [4.69, 9.17) is 5.26 Å². The molecular formula is C12H17N5. The minimum atomic E-state index is -0.578. The summed E-state index contributed by atoms with van der Waals surface area (Å²) in [5, 5.41) is 21.2. The number of imidazole rings is 1. The first kappa shape index (κ1) is 13.2. The maximum atomic E-state index is 9.19. The summed E-state index contributed by atoms with van der Waals surface area (Å²) in [7, 11) is 0. The molecule has 0 radical (unpaired) electrons. The number of nitriles is 2. The first-order valence-electron chi connectivity index (χ1n) is 5.65. The van der Waals surface area contributed by atoms with Crippen LogP contribution in [0.3, 0.4) is 0 Å². The van der Waals surface area contributed by atoms with E-state index in [1.54, 1.807) is 17.0 Å². The predicted octanol–water partition coefficient (Wildman–Crippen LogP) is 1.60. The lowest BCUT2D eigenvalue weighted by Gasteiger charge is -2.26. The van der Waals surface area contributed by atoms with E-state index in [0.29, 0.717) is 12.2 Å². The summed E-state index contributed by atoms with van der Waals surface area (Å²) in [5.41, 5.74) is -0.578. The predicted molar refractivity (Wildman–Crippen MR) is 64.0 cm³/mol. The summed E-state index contributed by atoms with van der Waals surface area (Å²) in [6.45, 7) is 6.56. The Labute approximate surface area is 102 Å². The lowest BCUT2D eigenvalue weighted by atomic mass is 9.95. The lowest BCUT2D eigenvalue weighted by molar-refractivity contribution is 0.352. The fourth-order valence-corrected chi connectivity index (χ4v) is 1.99. The second-order valence-corrected chi connectivity index (χ2v) is 4.30. The molecule has 0 saturated heterocycles. The average molecular weight is 231 g/mol. The Morgan fingerprint density at radius 2 is 2.29 bits per heavy atom. The van der Waals surface area contributed by atoms with Crippen LogP contribution in [0.25, 0.3) is 0 Å². The third kappa shape index (κ3) is 3.05.